The van der Waals surface area contributed by atoms with Crippen LogP contribution in [0.15, 0.2) is 67.0 Å². The fourth-order valence-electron chi connectivity index (χ4n) is 5.40. The Morgan fingerprint density at radius 2 is 1.52 bits per heavy atom. The van der Waals surface area contributed by atoms with Crippen molar-refractivity contribution in [2.75, 3.05) is 31.1 Å². The number of anilines is 1. The Morgan fingerprint density at radius 3 is 2.19 bits per heavy atom. The fraction of sp³-hybridized carbons (Fsp3) is 0.308. The van der Waals surface area contributed by atoms with E-state index in [4.69, 9.17) is 4.98 Å². The van der Waals surface area contributed by atoms with Crippen LogP contribution in [0.5, 0.6) is 0 Å². The molecule has 1 aliphatic carbocycles. The Morgan fingerprint density at radius 1 is 0.839 bits per heavy atom. The largest absolute Gasteiger partial charge is 0.345 e. The van der Waals surface area contributed by atoms with Crippen LogP contribution in [0.3, 0.4) is 0 Å². The van der Waals surface area contributed by atoms with Crippen LogP contribution in [0.2, 0.25) is 0 Å². The summed E-state index contributed by atoms with van der Waals surface area (Å²) in [6.07, 6.45) is 5.44. The van der Waals surface area contributed by atoms with Gasteiger partial charge < -0.3 is 9.80 Å². The van der Waals surface area contributed by atoms with Crippen LogP contribution in [0.1, 0.15) is 34.0 Å². The molecular weight excluding hydrogens is 400 g/mol. The molecule has 0 amide bonds. The molecule has 1 saturated heterocycles. The van der Waals surface area contributed by atoms with Crippen molar-refractivity contribution >= 4 is 27.4 Å². The van der Waals surface area contributed by atoms with Gasteiger partial charge in [-0.15, -0.1) is 11.3 Å². The smallest absolute Gasteiger partial charge is 0.141 e. The van der Waals surface area contributed by atoms with E-state index in [0.717, 1.165) is 26.2 Å². The van der Waals surface area contributed by atoms with Crippen molar-refractivity contribution in [1.82, 2.24) is 9.97 Å². The summed E-state index contributed by atoms with van der Waals surface area (Å²) in [7, 11) is 0. The predicted molar refractivity (Wildman–Crippen MR) is 127 cm³/mol. The lowest BCUT2D eigenvalue weighted by molar-refractivity contribution is -0.926. The maximum atomic E-state index is 4.78. The number of hydrogen-bond donors (Lipinski definition) is 1. The lowest BCUT2D eigenvalue weighted by atomic mass is 9.96. The van der Waals surface area contributed by atoms with E-state index in [9.17, 15) is 0 Å². The number of rotatable bonds is 4. The van der Waals surface area contributed by atoms with Crippen molar-refractivity contribution in [3.63, 3.8) is 0 Å². The summed E-state index contributed by atoms with van der Waals surface area (Å²) in [6, 6.07) is 22.4. The number of quaternary nitrogens is 1. The molecule has 31 heavy (non-hydrogen) atoms. The summed E-state index contributed by atoms with van der Waals surface area (Å²) in [5, 5.41) is 1.34. The number of nitrogens with one attached hydrogen (secondary N) is 1. The van der Waals surface area contributed by atoms with Crippen molar-refractivity contribution in [1.29, 1.82) is 0 Å². The molecule has 3 heterocycles. The van der Waals surface area contributed by atoms with Gasteiger partial charge in [-0.2, -0.15) is 0 Å². The Kier molecular flexibility index (Phi) is 4.93. The summed E-state index contributed by atoms with van der Waals surface area (Å²) in [5.74, 6) is 1.17. The topological polar surface area (TPSA) is 33.5 Å². The minimum Gasteiger partial charge on any atom is -0.345 e. The first kappa shape index (κ1) is 19.0. The summed E-state index contributed by atoms with van der Waals surface area (Å²) in [5.41, 5.74) is 4.33. The Bertz CT molecular complexity index is 1140. The molecule has 2 aromatic carbocycles. The van der Waals surface area contributed by atoms with Gasteiger partial charge >= 0.3 is 0 Å². The molecule has 0 unspecified atom stereocenters. The molecule has 0 spiro atoms. The zero-order valence-electron chi connectivity index (χ0n) is 17.6. The Balaban J connectivity index is 1.29. The molecule has 0 bridgehead atoms. The molecular formula is C26H27N4S+. The minimum atomic E-state index is 0.375. The number of benzene rings is 2. The van der Waals surface area contributed by atoms with Crippen molar-refractivity contribution in [2.24, 2.45) is 0 Å². The third-order valence-corrected chi connectivity index (χ3v) is 8.06. The number of piperazine rings is 1. The van der Waals surface area contributed by atoms with E-state index in [1.807, 2.05) is 11.3 Å². The average molecular weight is 428 g/mol. The van der Waals surface area contributed by atoms with Gasteiger partial charge in [-0.1, -0.05) is 60.7 Å². The number of aryl methyl sites for hydroxylation is 2. The van der Waals surface area contributed by atoms with Gasteiger partial charge in [0.15, 0.2) is 0 Å². The first-order valence-electron chi connectivity index (χ1n) is 11.3. The molecule has 5 heteroatoms. The van der Waals surface area contributed by atoms with E-state index in [2.05, 4.69) is 70.5 Å². The van der Waals surface area contributed by atoms with E-state index in [1.54, 1.807) is 11.2 Å². The second kappa shape index (κ2) is 8.06. The number of nitrogens with zero attached hydrogens (tertiary/aromatic N) is 3. The maximum Gasteiger partial charge on any atom is 0.141 e. The monoisotopic (exact) mass is 427 g/mol. The third kappa shape index (κ3) is 3.42. The Labute approximate surface area is 187 Å². The lowest BCUT2D eigenvalue weighted by Crippen LogP contribution is -3.15. The molecule has 2 aliphatic rings. The summed E-state index contributed by atoms with van der Waals surface area (Å²) < 4.78 is 0. The summed E-state index contributed by atoms with van der Waals surface area (Å²) in [4.78, 5) is 16.2. The number of fused-ring (bicyclic) bond motifs is 3. The van der Waals surface area contributed by atoms with Crippen LogP contribution in [0.4, 0.5) is 5.82 Å². The predicted octanol–water partition coefficient (Wildman–Crippen LogP) is 3.67. The van der Waals surface area contributed by atoms with Crippen LogP contribution in [0.25, 0.3) is 10.2 Å². The quantitative estimate of drug-likeness (QED) is 0.540. The van der Waals surface area contributed by atoms with Crippen LogP contribution in [-0.4, -0.2) is 36.1 Å². The lowest BCUT2D eigenvalue weighted by Gasteiger charge is -2.37. The van der Waals surface area contributed by atoms with Gasteiger partial charge in [0.25, 0.3) is 0 Å². The van der Waals surface area contributed by atoms with E-state index in [-0.39, 0.29) is 0 Å². The van der Waals surface area contributed by atoms with Gasteiger partial charge in [0.2, 0.25) is 0 Å². The standard InChI is InChI=1S/C26H26N4S/c1-3-8-19(9-4-1)24(20-10-5-2-6-11-20)29-14-16-30(17-15-29)25-23-21-12-7-13-22(21)31-26(23)28-18-27-25/h1-6,8-11,18,24H,7,12-17H2/p+1. The normalized spacial score (nSPS) is 16.9. The molecule has 4 nitrogen and oxygen atoms in total. The molecule has 156 valence electrons. The van der Waals surface area contributed by atoms with E-state index >= 15 is 0 Å². The van der Waals surface area contributed by atoms with Gasteiger partial charge in [-0.3, -0.25) is 0 Å². The zero-order chi connectivity index (χ0) is 20.6. The van der Waals surface area contributed by atoms with Crippen LogP contribution < -0.4 is 9.80 Å². The molecule has 0 radical (unpaired) electrons. The second-order valence-electron chi connectivity index (χ2n) is 8.63. The highest BCUT2D eigenvalue weighted by Gasteiger charge is 2.32. The van der Waals surface area contributed by atoms with E-state index in [0.29, 0.717) is 6.04 Å². The van der Waals surface area contributed by atoms with Gasteiger partial charge in [-0.25, -0.2) is 9.97 Å². The highest BCUT2D eigenvalue weighted by Crippen LogP contribution is 2.40. The van der Waals surface area contributed by atoms with Gasteiger partial charge in [-0.05, 0) is 24.8 Å². The van der Waals surface area contributed by atoms with Crippen LogP contribution >= 0.6 is 11.3 Å². The first-order valence-corrected chi connectivity index (χ1v) is 12.1. The van der Waals surface area contributed by atoms with Crippen LogP contribution in [-0.2, 0) is 12.8 Å². The summed E-state index contributed by atoms with van der Waals surface area (Å²) >= 11 is 1.88. The number of thiophene rings is 1. The van der Waals surface area contributed by atoms with Crippen molar-refractivity contribution in [3.8, 4) is 0 Å². The molecule has 1 aliphatic heterocycles. The zero-order valence-corrected chi connectivity index (χ0v) is 18.4. The molecule has 4 aromatic rings. The fourth-order valence-corrected chi connectivity index (χ4v) is 6.62. The first-order chi connectivity index (χ1) is 15.4. The Hall–Kier alpha value is -2.76. The van der Waals surface area contributed by atoms with Gasteiger partial charge in [0, 0.05) is 16.0 Å². The second-order valence-corrected chi connectivity index (χ2v) is 9.72. The van der Waals surface area contributed by atoms with Gasteiger partial charge in [0.05, 0.1) is 31.6 Å². The number of aromatic nitrogens is 2. The van der Waals surface area contributed by atoms with Crippen molar-refractivity contribution < 1.29 is 4.90 Å². The molecule has 2 aromatic heterocycles. The third-order valence-electron chi connectivity index (χ3n) is 6.86. The van der Waals surface area contributed by atoms with E-state index < -0.39 is 0 Å². The molecule has 0 atom stereocenters. The SMILES string of the molecule is c1ccc(C(c2ccccc2)[NH+]2CCN(c3ncnc4sc5c(c34)CCC5)CC2)cc1. The highest BCUT2D eigenvalue weighted by atomic mass is 32.1. The molecule has 1 fully saturated rings. The number of hydrogen-bond acceptors (Lipinski definition) is 4. The highest BCUT2D eigenvalue weighted by molar-refractivity contribution is 7.19. The van der Waals surface area contributed by atoms with E-state index in [1.165, 1.54) is 56.9 Å². The van der Waals surface area contributed by atoms with Gasteiger partial charge in [0.1, 0.15) is 23.0 Å². The average Bonchev–Trinajstić information content (AvgIpc) is 3.42. The van der Waals surface area contributed by atoms with Crippen molar-refractivity contribution in [3.05, 3.63) is 88.6 Å². The summed E-state index contributed by atoms with van der Waals surface area (Å²) in [6.45, 7) is 4.27. The minimum absolute atomic E-state index is 0.375. The molecule has 0 saturated carbocycles. The molecule has 1 N–H and O–H groups in total. The maximum absolute atomic E-state index is 4.78. The van der Waals surface area contributed by atoms with Crippen molar-refractivity contribution in [2.45, 2.75) is 25.3 Å². The molecule has 6 rings (SSSR count). The van der Waals surface area contributed by atoms with Crippen LogP contribution in [0, 0.1) is 0 Å².